The largest absolute Gasteiger partial charge is 0.353 e. The summed E-state index contributed by atoms with van der Waals surface area (Å²) < 4.78 is 0. The van der Waals surface area contributed by atoms with E-state index in [2.05, 4.69) is 17.2 Å². The summed E-state index contributed by atoms with van der Waals surface area (Å²) in [5.74, 6) is 0.809. The first-order valence-electron chi connectivity index (χ1n) is 8.71. The lowest BCUT2D eigenvalue weighted by Crippen LogP contribution is -2.42. The smallest absolute Gasteiger partial charge is 0.228 e. The first-order chi connectivity index (χ1) is 11.2. The predicted molar refractivity (Wildman–Crippen MR) is 91.6 cm³/mol. The quantitative estimate of drug-likeness (QED) is 0.900. The Bertz CT molecular complexity index is 572. The molecule has 2 heterocycles. The summed E-state index contributed by atoms with van der Waals surface area (Å²) in [4.78, 5) is 30.3. The normalized spacial score (nSPS) is 24.9. The van der Waals surface area contributed by atoms with Crippen LogP contribution >= 0.6 is 11.3 Å². The zero-order valence-electron chi connectivity index (χ0n) is 13.7. The van der Waals surface area contributed by atoms with Gasteiger partial charge in [0.2, 0.25) is 11.8 Å². The number of hydrogen-bond donors (Lipinski definition) is 1. The Morgan fingerprint density at radius 1 is 1.39 bits per heavy atom. The number of anilines is 1. The Balaban J connectivity index is 1.55. The minimum absolute atomic E-state index is 0.0555. The lowest BCUT2D eigenvalue weighted by atomic mass is 9.83. The number of carbonyl (C=O) groups excluding carboxylic acids is 2. The van der Waals surface area contributed by atoms with Gasteiger partial charge in [-0.3, -0.25) is 14.5 Å². The number of thiazole rings is 1. The highest BCUT2D eigenvalue weighted by molar-refractivity contribution is 7.14. The van der Waals surface area contributed by atoms with Crippen molar-refractivity contribution in [3.63, 3.8) is 0 Å². The molecule has 0 aromatic carbocycles. The molecule has 1 aromatic rings. The van der Waals surface area contributed by atoms with Crippen LogP contribution in [-0.4, -0.2) is 29.4 Å². The second-order valence-electron chi connectivity index (χ2n) is 6.57. The topological polar surface area (TPSA) is 62.3 Å². The summed E-state index contributed by atoms with van der Waals surface area (Å²) in [5, 5.41) is 5.84. The molecule has 6 heteroatoms. The van der Waals surface area contributed by atoms with E-state index in [1.807, 2.05) is 5.38 Å². The van der Waals surface area contributed by atoms with E-state index in [-0.39, 0.29) is 11.8 Å². The van der Waals surface area contributed by atoms with Gasteiger partial charge in [0, 0.05) is 24.4 Å². The van der Waals surface area contributed by atoms with E-state index in [0.29, 0.717) is 24.8 Å². The molecule has 0 spiro atoms. The Hall–Kier alpha value is -1.43. The van der Waals surface area contributed by atoms with Gasteiger partial charge < -0.3 is 5.32 Å². The minimum Gasteiger partial charge on any atom is -0.353 e. The number of aromatic nitrogens is 1. The van der Waals surface area contributed by atoms with Crippen LogP contribution in [0.2, 0.25) is 0 Å². The van der Waals surface area contributed by atoms with Gasteiger partial charge in [-0.2, -0.15) is 0 Å². The van der Waals surface area contributed by atoms with Crippen LogP contribution in [0.25, 0.3) is 0 Å². The van der Waals surface area contributed by atoms with Crippen molar-refractivity contribution in [3.05, 3.63) is 11.1 Å². The molecule has 2 atom stereocenters. The SMILES string of the molecule is CCC1CCCCC1NC(=O)Cc1csc(N2CCCC2=O)n1. The van der Waals surface area contributed by atoms with Crippen LogP contribution in [0.3, 0.4) is 0 Å². The molecule has 0 bridgehead atoms. The number of rotatable bonds is 5. The molecule has 2 fully saturated rings. The van der Waals surface area contributed by atoms with Crippen molar-refractivity contribution >= 4 is 28.3 Å². The fourth-order valence-electron chi connectivity index (χ4n) is 3.66. The van der Waals surface area contributed by atoms with Crippen LogP contribution in [0, 0.1) is 5.92 Å². The van der Waals surface area contributed by atoms with E-state index in [4.69, 9.17) is 0 Å². The lowest BCUT2D eigenvalue weighted by Gasteiger charge is -2.31. The van der Waals surface area contributed by atoms with Crippen molar-refractivity contribution in [1.29, 1.82) is 0 Å². The third-order valence-electron chi connectivity index (χ3n) is 4.97. The van der Waals surface area contributed by atoms with Gasteiger partial charge in [0.25, 0.3) is 0 Å². The third-order valence-corrected chi connectivity index (χ3v) is 5.88. The highest BCUT2D eigenvalue weighted by Crippen LogP contribution is 2.27. The van der Waals surface area contributed by atoms with Crippen LogP contribution in [0.4, 0.5) is 5.13 Å². The minimum atomic E-state index is 0.0555. The molecule has 126 valence electrons. The Morgan fingerprint density at radius 3 is 2.96 bits per heavy atom. The maximum atomic E-state index is 12.3. The number of hydrogen-bond acceptors (Lipinski definition) is 4. The van der Waals surface area contributed by atoms with Gasteiger partial charge in [0.15, 0.2) is 5.13 Å². The van der Waals surface area contributed by atoms with E-state index < -0.39 is 0 Å². The molecule has 2 aliphatic rings. The Kier molecular flexibility index (Phi) is 5.30. The van der Waals surface area contributed by atoms with Crippen molar-refractivity contribution in [2.45, 2.75) is 64.3 Å². The number of amides is 2. The number of carbonyl (C=O) groups is 2. The maximum Gasteiger partial charge on any atom is 0.228 e. The maximum absolute atomic E-state index is 12.3. The molecule has 2 amide bonds. The second-order valence-corrected chi connectivity index (χ2v) is 7.41. The van der Waals surface area contributed by atoms with Crippen LogP contribution in [0.1, 0.15) is 57.6 Å². The monoisotopic (exact) mass is 335 g/mol. The Morgan fingerprint density at radius 2 is 2.22 bits per heavy atom. The molecule has 1 aliphatic carbocycles. The second kappa shape index (κ2) is 7.43. The summed E-state index contributed by atoms with van der Waals surface area (Å²) >= 11 is 1.46. The zero-order chi connectivity index (χ0) is 16.2. The molecule has 1 aliphatic heterocycles. The average Bonchev–Trinajstić information content (AvgIpc) is 3.16. The number of nitrogens with zero attached hydrogens (tertiary/aromatic N) is 2. The van der Waals surface area contributed by atoms with Crippen LogP contribution in [-0.2, 0) is 16.0 Å². The summed E-state index contributed by atoms with van der Waals surface area (Å²) in [6.45, 7) is 2.95. The standard InChI is InChI=1S/C17H25N3O2S/c1-2-12-6-3-4-7-14(12)19-15(21)10-13-11-23-17(18-13)20-9-5-8-16(20)22/h11-12,14H,2-10H2,1H3,(H,19,21). The molecular weight excluding hydrogens is 310 g/mol. The highest BCUT2D eigenvalue weighted by Gasteiger charge is 2.26. The van der Waals surface area contributed by atoms with Crippen molar-refractivity contribution in [2.75, 3.05) is 11.4 Å². The van der Waals surface area contributed by atoms with Gasteiger partial charge >= 0.3 is 0 Å². The van der Waals surface area contributed by atoms with Gasteiger partial charge in [-0.15, -0.1) is 11.3 Å². The molecule has 2 unspecified atom stereocenters. The molecule has 5 nitrogen and oxygen atoms in total. The Labute approximate surface area is 141 Å². The van der Waals surface area contributed by atoms with Gasteiger partial charge in [-0.25, -0.2) is 4.98 Å². The van der Waals surface area contributed by atoms with Gasteiger partial charge in [0.05, 0.1) is 12.1 Å². The lowest BCUT2D eigenvalue weighted by molar-refractivity contribution is -0.121. The highest BCUT2D eigenvalue weighted by atomic mass is 32.1. The van der Waals surface area contributed by atoms with E-state index in [1.54, 1.807) is 4.90 Å². The zero-order valence-corrected chi connectivity index (χ0v) is 14.5. The van der Waals surface area contributed by atoms with E-state index in [1.165, 1.54) is 30.6 Å². The van der Waals surface area contributed by atoms with Crippen LogP contribution < -0.4 is 10.2 Å². The van der Waals surface area contributed by atoms with Crippen LogP contribution in [0.15, 0.2) is 5.38 Å². The van der Waals surface area contributed by atoms with Gasteiger partial charge in [0.1, 0.15) is 0 Å². The third kappa shape index (κ3) is 3.91. The fourth-order valence-corrected chi connectivity index (χ4v) is 4.53. The fraction of sp³-hybridized carbons (Fsp3) is 0.706. The first kappa shape index (κ1) is 16.4. The number of nitrogens with one attached hydrogen (secondary N) is 1. The van der Waals surface area contributed by atoms with Crippen molar-refractivity contribution < 1.29 is 9.59 Å². The molecule has 1 saturated carbocycles. The summed E-state index contributed by atoms with van der Waals surface area (Å²) in [6, 6.07) is 0.319. The molecule has 1 saturated heterocycles. The van der Waals surface area contributed by atoms with Crippen LogP contribution in [0.5, 0.6) is 0 Å². The predicted octanol–water partition coefficient (Wildman–Crippen LogP) is 2.90. The molecule has 1 aromatic heterocycles. The first-order valence-corrected chi connectivity index (χ1v) is 9.59. The average molecular weight is 335 g/mol. The van der Waals surface area contributed by atoms with Gasteiger partial charge in [-0.05, 0) is 25.2 Å². The molecule has 23 heavy (non-hydrogen) atoms. The van der Waals surface area contributed by atoms with Crippen molar-refractivity contribution in [2.24, 2.45) is 5.92 Å². The van der Waals surface area contributed by atoms with E-state index in [9.17, 15) is 9.59 Å². The summed E-state index contributed by atoms with van der Waals surface area (Å²) in [6.07, 6.45) is 7.75. The molecule has 0 radical (unpaired) electrons. The summed E-state index contributed by atoms with van der Waals surface area (Å²) in [5.41, 5.74) is 0.769. The van der Waals surface area contributed by atoms with E-state index >= 15 is 0 Å². The van der Waals surface area contributed by atoms with Gasteiger partial charge in [-0.1, -0.05) is 26.2 Å². The van der Waals surface area contributed by atoms with Crippen molar-refractivity contribution in [3.8, 4) is 0 Å². The van der Waals surface area contributed by atoms with Crippen molar-refractivity contribution in [1.82, 2.24) is 10.3 Å². The molecule has 3 rings (SSSR count). The molecule has 1 N–H and O–H groups in total. The summed E-state index contributed by atoms with van der Waals surface area (Å²) in [7, 11) is 0. The molecular formula is C17H25N3O2S. The van der Waals surface area contributed by atoms with E-state index in [0.717, 1.165) is 36.6 Å².